The van der Waals surface area contributed by atoms with Crippen LogP contribution in [0.1, 0.15) is 11.1 Å². The number of ether oxygens (including phenoxy) is 2. The number of anilines is 2. The van der Waals surface area contributed by atoms with Gasteiger partial charge in [0.25, 0.3) is 0 Å². The van der Waals surface area contributed by atoms with Crippen molar-refractivity contribution in [3.63, 3.8) is 0 Å². The highest BCUT2D eigenvalue weighted by molar-refractivity contribution is 5.51. The molecule has 0 bridgehead atoms. The quantitative estimate of drug-likeness (QED) is 0.883. The van der Waals surface area contributed by atoms with Crippen LogP contribution in [-0.4, -0.2) is 11.8 Å². The highest BCUT2D eigenvalue weighted by atomic mass is 16.7. The second-order valence-corrected chi connectivity index (χ2v) is 4.47. The van der Waals surface area contributed by atoms with Gasteiger partial charge in [-0.3, -0.25) is 0 Å². The molecule has 0 unspecified atom stereocenters. The van der Waals surface area contributed by atoms with Gasteiger partial charge in [-0.1, -0.05) is 6.07 Å². The van der Waals surface area contributed by atoms with Crippen molar-refractivity contribution < 1.29 is 9.47 Å². The summed E-state index contributed by atoms with van der Waals surface area (Å²) in [4.78, 5) is 4.23. The first-order chi connectivity index (χ1) is 9.22. The number of nitrogens with two attached hydrogens (primary N) is 1. The summed E-state index contributed by atoms with van der Waals surface area (Å²) in [5, 5.41) is 3.26. The first-order valence-corrected chi connectivity index (χ1v) is 6.07. The smallest absolute Gasteiger partial charge is 0.231 e. The lowest BCUT2D eigenvalue weighted by molar-refractivity contribution is 0.174. The van der Waals surface area contributed by atoms with E-state index in [1.807, 2.05) is 31.2 Å². The molecule has 5 heteroatoms. The summed E-state index contributed by atoms with van der Waals surface area (Å²) in [6.45, 7) is 2.93. The number of benzene rings is 1. The van der Waals surface area contributed by atoms with Crippen LogP contribution in [0.2, 0.25) is 0 Å². The zero-order valence-corrected chi connectivity index (χ0v) is 10.6. The van der Waals surface area contributed by atoms with Gasteiger partial charge in [0, 0.05) is 6.54 Å². The maximum Gasteiger partial charge on any atom is 0.231 e. The van der Waals surface area contributed by atoms with E-state index in [2.05, 4.69) is 10.3 Å². The van der Waals surface area contributed by atoms with Crippen molar-refractivity contribution in [3.8, 4) is 11.5 Å². The minimum Gasteiger partial charge on any atom is -0.454 e. The molecule has 0 amide bonds. The van der Waals surface area contributed by atoms with E-state index in [1.54, 1.807) is 6.20 Å². The van der Waals surface area contributed by atoms with Gasteiger partial charge in [-0.05, 0) is 36.2 Å². The van der Waals surface area contributed by atoms with E-state index in [4.69, 9.17) is 15.2 Å². The van der Waals surface area contributed by atoms with Crippen molar-refractivity contribution in [1.82, 2.24) is 4.98 Å². The Labute approximate surface area is 111 Å². The highest BCUT2D eigenvalue weighted by Gasteiger charge is 2.12. The Bertz CT molecular complexity index is 614. The van der Waals surface area contributed by atoms with Crippen LogP contribution in [0.15, 0.2) is 30.5 Å². The summed E-state index contributed by atoms with van der Waals surface area (Å²) in [5.41, 5.74) is 8.57. The molecule has 19 heavy (non-hydrogen) atoms. The molecule has 1 aliphatic rings. The van der Waals surface area contributed by atoms with Gasteiger partial charge in [0.05, 0.1) is 11.9 Å². The lowest BCUT2D eigenvalue weighted by Gasteiger charge is -2.08. The number of nitrogens with one attached hydrogen (secondary N) is 1. The molecule has 1 aliphatic heterocycles. The van der Waals surface area contributed by atoms with Crippen LogP contribution < -0.4 is 20.5 Å². The molecule has 98 valence electrons. The number of hydrogen-bond acceptors (Lipinski definition) is 5. The van der Waals surface area contributed by atoms with Crippen LogP contribution in [0, 0.1) is 6.92 Å². The van der Waals surface area contributed by atoms with E-state index in [1.165, 1.54) is 0 Å². The number of aromatic nitrogens is 1. The van der Waals surface area contributed by atoms with Crippen LogP contribution in [-0.2, 0) is 6.54 Å². The Hall–Kier alpha value is -2.43. The van der Waals surface area contributed by atoms with Crippen molar-refractivity contribution in [2.24, 2.45) is 0 Å². The maximum absolute atomic E-state index is 5.74. The molecule has 0 saturated carbocycles. The van der Waals surface area contributed by atoms with Gasteiger partial charge >= 0.3 is 0 Å². The summed E-state index contributed by atoms with van der Waals surface area (Å²) in [7, 11) is 0. The summed E-state index contributed by atoms with van der Waals surface area (Å²) >= 11 is 0. The van der Waals surface area contributed by atoms with Gasteiger partial charge in [-0.2, -0.15) is 0 Å². The number of fused-ring (bicyclic) bond motifs is 1. The van der Waals surface area contributed by atoms with Crippen LogP contribution in [0.5, 0.6) is 11.5 Å². The Kier molecular flexibility index (Phi) is 2.87. The molecular weight excluding hydrogens is 242 g/mol. The van der Waals surface area contributed by atoms with Gasteiger partial charge in [0.15, 0.2) is 11.5 Å². The second kappa shape index (κ2) is 4.68. The van der Waals surface area contributed by atoms with Gasteiger partial charge in [-0.25, -0.2) is 4.98 Å². The number of pyridine rings is 1. The summed E-state index contributed by atoms with van der Waals surface area (Å²) in [6, 6.07) is 7.83. The fraction of sp³-hybridized carbons (Fsp3) is 0.214. The molecule has 0 aliphatic carbocycles. The molecule has 0 spiro atoms. The average Bonchev–Trinajstić information content (AvgIpc) is 2.87. The summed E-state index contributed by atoms with van der Waals surface area (Å²) in [6.07, 6.45) is 1.66. The molecule has 5 nitrogen and oxygen atoms in total. The zero-order valence-electron chi connectivity index (χ0n) is 10.6. The first kappa shape index (κ1) is 11.6. The molecule has 2 aromatic rings. The first-order valence-electron chi connectivity index (χ1n) is 6.07. The summed E-state index contributed by atoms with van der Waals surface area (Å²) in [5.74, 6) is 2.40. The molecule has 0 saturated heterocycles. The Morgan fingerprint density at radius 2 is 2.11 bits per heavy atom. The zero-order chi connectivity index (χ0) is 13.2. The van der Waals surface area contributed by atoms with E-state index in [0.717, 1.165) is 28.4 Å². The fourth-order valence-corrected chi connectivity index (χ4v) is 1.91. The van der Waals surface area contributed by atoms with E-state index in [9.17, 15) is 0 Å². The largest absolute Gasteiger partial charge is 0.454 e. The maximum atomic E-state index is 5.74. The van der Waals surface area contributed by atoms with E-state index >= 15 is 0 Å². The van der Waals surface area contributed by atoms with Crippen molar-refractivity contribution in [2.45, 2.75) is 13.5 Å². The molecule has 0 atom stereocenters. The Morgan fingerprint density at radius 3 is 2.95 bits per heavy atom. The van der Waals surface area contributed by atoms with Crippen LogP contribution >= 0.6 is 0 Å². The van der Waals surface area contributed by atoms with E-state index in [0.29, 0.717) is 19.0 Å². The number of nitrogens with zero attached hydrogens (tertiary/aromatic N) is 1. The average molecular weight is 257 g/mol. The van der Waals surface area contributed by atoms with Crippen molar-refractivity contribution in [2.75, 3.05) is 17.8 Å². The highest BCUT2D eigenvalue weighted by Crippen LogP contribution is 2.32. The van der Waals surface area contributed by atoms with Crippen molar-refractivity contribution in [3.05, 3.63) is 41.6 Å². The molecule has 3 N–H and O–H groups in total. The normalized spacial score (nSPS) is 12.5. The van der Waals surface area contributed by atoms with Crippen LogP contribution in [0.25, 0.3) is 0 Å². The molecule has 0 radical (unpaired) electrons. The van der Waals surface area contributed by atoms with Gasteiger partial charge in [0.1, 0.15) is 5.82 Å². The topological polar surface area (TPSA) is 69.4 Å². The third kappa shape index (κ3) is 2.40. The summed E-state index contributed by atoms with van der Waals surface area (Å²) < 4.78 is 10.6. The minimum atomic E-state index is 0.297. The number of nitrogen functional groups attached to an aromatic ring is 1. The second-order valence-electron chi connectivity index (χ2n) is 4.47. The van der Waals surface area contributed by atoms with Crippen LogP contribution in [0.3, 0.4) is 0 Å². The monoisotopic (exact) mass is 257 g/mol. The van der Waals surface area contributed by atoms with Crippen LogP contribution in [0.4, 0.5) is 11.5 Å². The number of rotatable bonds is 3. The van der Waals surface area contributed by atoms with Gasteiger partial charge in [0.2, 0.25) is 6.79 Å². The third-order valence-electron chi connectivity index (χ3n) is 3.06. The lowest BCUT2D eigenvalue weighted by Crippen LogP contribution is -2.02. The minimum absolute atomic E-state index is 0.297. The molecule has 2 heterocycles. The van der Waals surface area contributed by atoms with Crippen molar-refractivity contribution in [1.29, 1.82) is 0 Å². The predicted octanol–water partition coefficient (Wildman–Crippen LogP) is 2.31. The fourth-order valence-electron chi connectivity index (χ4n) is 1.91. The number of hydrogen-bond donors (Lipinski definition) is 2. The van der Waals surface area contributed by atoms with Gasteiger partial charge < -0.3 is 20.5 Å². The Balaban J connectivity index is 1.70. The third-order valence-corrected chi connectivity index (χ3v) is 3.06. The van der Waals surface area contributed by atoms with E-state index < -0.39 is 0 Å². The molecular formula is C14H15N3O2. The van der Waals surface area contributed by atoms with E-state index in [-0.39, 0.29) is 0 Å². The molecule has 1 aromatic heterocycles. The molecule has 3 rings (SSSR count). The molecule has 0 fully saturated rings. The molecule has 1 aromatic carbocycles. The Morgan fingerprint density at radius 1 is 1.26 bits per heavy atom. The SMILES string of the molecule is Cc1cc(NCc2ccc3c(c2)OCO3)ncc1N. The van der Waals surface area contributed by atoms with Crippen molar-refractivity contribution >= 4 is 11.5 Å². The van der Waals surface area contributed by atoms with Gasteiger partial charge in [-0.15, -0.1) is 0 Å². The predicted molar refractivity (Wildman–Crippen MR) is 73.3 cm³/mol. The lowest BCUT2D eigenvalue weighted by atomic mass is 10.2. The standard InChI is InChI=1S/C14H15N3O2/c1-9-4-14(17-7-11(9)15)16-6-10-2-3-12-13(5-10)19-8-18-12/h2-5,7H,6,8,15H2,1H3,(H,16,17). The number of aryl methyl sites for hydroxylation is 1.